The molecule has 0 aliphatic rings. The van der Waals surface area contributed by atoms with Gasteiger partial charge in [0.05, 0.1) is 7.11 Å². The van der Waals surface area contributed by atoms with Crippen LogP contribution >= 0.6 is 0 Å². The van der Waals surface area contributed by atoms with Crippen LogP contribution in [0.3, 0.4) is 0 Å². The Morgan fingerprint density at radius 3 is 2.53 bits per heavy atom. The van der Waals surface area contributed by atoms with Crippen molar-refractivity contribution in [1.82, 2.24) is 5.32 Å². The molecule has 3 nitrogen and oxygen atoms in total. The first-order valence-corrected chi connectivity index (χ1v) is 7.00. The predicted octanol–water partition coefficient (Wildman–Crippen LogP) is 3.04. The van der Waals surface area contributed by atoms with Gasteiger partial charge in [0, 0.05) is 17.6 Å². The molecule has 0 radical (unpaired) electrons. The summed E-state index contributed by atoms with van der Waals surface area (Å²) in [6.07, 6.45) is 0.958. The van der Waals surface area contributed by atoms with E-state index in [1.54, 1.807) is 7.11 Å². The maximum Gasteiger partial charge on any atom is 0.123 e. The number of hydrogen-bond acceptors (Lipinski definition) is 3. The average molecular weight is 264 g/mol. The molecular weight excluding hydrogens is 236 g/mol. The van der Waals surface area contributed by atoms with Crippen molar-refractivity contribution in [2.24, 2.45) is 5.73 Å². The van der Waals surface area contributed by atoms with Gasteiger partial charge in [0.15, 0.2) is 0 Å². The standard InChI is InChI=1S/C16H28N2O/c1-12(2)13-6-7-14(15(10-13)19-5)11-18-9-8-16(3,4)17/h6-7,10,12,18H,8-9,11,17H2,1-5H3. The number of methoxy groups -OCH3 is 1. The van der Waals surface area contributed by atoms with Crippen molar-refractivity contribution in [3.05, 3.63) is 29.3 Å². The number of ether oxygens (including phenoxy) is 1. The summed E-state index contributed by atoms with van der Waals surface area (Å²) in [4.78, 5) is 0. The Labute approximate surface area is 117 Å². The van der Waals surface area contributed by atoms with Crippen LogP contribution in [0.5, 0.6) is 5.75 Å². The van der Waals surface area contributed by atoms with Crippen LogP contribution in [0.1, 0.15) is 51.2 Å². The number of nitrogens with two attached hydrogens (primary N) is 1. The number of benzene rings is 1. The highest BCUT2D eigenvalue weighted by atomic mass is 16.5. The van der Waals surface area contributed by atoms with Crippen molar-refractivity contribution in [1.29, 1.82) is 0 Å². The predicted molar refractivity (Wildman–Crippen MR) is 81.7 cm³/mol. The lowest BCUT2D eigenvalue weighted by Crippen LogP contribution is -2.35. The molecule has 0 fully saturated rings. The molecule has 0 heterocycles. The van der Waals surface area contributed by atoms with E-state index in [4.69, 9.17) is 10.5 Å². The normalized spacial score (nSPS) is 11.9. The fraction of sp³-hybridized carbons (Fsp3) is 0.625. The van der Waals surface area contributed by atoms with E-state index >= 15 is 0 Å². The van der Waals surface area contributed by atoms with E-state index < -0.39 is 0 Å². The molecule has 0 bridgehead atoms. The van der Waals surface area contributed by atoms with Gasteiger partial charge in [-0.2, -0.15) is 0 Å². The van der Waals surface area contributed by atoms with Crippen LogP contribution in [0.2, 0.25) is 0 Å². The maximum absolute atomic E-state index is 5.96. The quantitative estimate of drug-likeness (QED) is 0.744. The third kappa shape index (κ3) is 5.62. The highest BCUT2D eigenvalue weighted by molar-refractivity contribution is 5.38. The zero-order chi connectivity index (χ0) is 14.5. The second-order valence-electron chi connectivity index (χ2n) is 6.14. The van der Waals surface area contributed by atoms with Crippen molar-refractivity contribution in [3.63, 3.8) is 0 Å². The molecule has 0 unspecified atom stereocenters. The summed E-state index contributed by atoms with van der Waals surface area (Å²) in [5.74, 6) is 1.49. The summed E-state index contributed by atoms with van der Waals surface area (Å²) < 4.78 is 5.47. The minimum atomic E-state index is -0.113. The zero-order valence-electron chi connectivity index (χ0n) is 12.9. The third-order valence-corrected chi connectivity index (χ3v) is 3.24. The van der Waals surface area contributed by atoms with Crippen molar-refractivity contribution < 1.29 is 4.74 Å². The Hall–Kier alpha value is -1.06. The Kier molecular flexibility index (Phi) is 5.83. The van der Waals surface area contributed by atoms with Gasteiger partial charge in [-0.05, 0) is 44.4 Å². The topological polar surface area (TPSA) is 47.3 Å². The number of nitrogens with one attached hydrogen (secondary N) is 1. The van der Waals surface area contributed by atoms with Crippen LogP contribution in [-0.2, 0) is 6.54 Å². The molecule has 0 amide bonds. The van der Waals surface area contributed by atoms with Gasteiger partial charge in [0.1, 0.15) is 5.75 Å². The van der Waals surface area contributed by atoms with Gasteiger partial charge >= 0.3 is 0 Å². The lowest BCUT2D eigenvalue weighted by molar-refractivity contribution is 0.404. The van der Waals surface area contributed by atoms with Gasteiger partial charge in [-0.3, -0.25) is 0 Å². The molecule has 0 atom stereocenters. The van der Waals surface area contributed by atoms with E-state index in [-0.39, 0.29) is 5.54 Å². The average Bonchev–Trinajstić information content (AvgIpc) is 2.33. The molecule has 0 aliphatic heterocycles. The molecule has 19 heavy (non-hydrogen) atoms. The molecule has 0 saturated heterocycles. The summed E-state index contributed by atoms with van der Waals surface area (Å²) in [7, 11) is 1.73. The molecule has 0 spiro atoms. The van der Waals surface area contributed by atoms with Crippen molar-refractivity contribution >= 4 is 0 Å². The molecule has 3 N–H and O–H groups in total. The van der Waals surface area contributed by atoms with Gasteiger partial charge in [0.2, 0.25) is 0 Å². The molecule has 108 valence electrons. The molecular formula is C16H28N2O. The van der Waals surface area contributed by atoms with Crippen molar-refractivity contribution in [2.75, 3.05) is 13.7 Å². The second kappa shape index (κ2) is 6.92. The van der Waals surface area contributed by atoms with Crippen molar-refractivity contribution in [3.8, 4) is 5.75 Å². The number of rotatable bonds is 7. The van der Waals surface area contributed by atoms with Crippen molar-refractivity contribution in [2.45, 2.75) is 52.1 Å². The van der Waals surface area contributed by atoms with Crippen LogP contribution < -0.4 is 15.8 Å². The minimum absolute atomic E-state index is 0.113. The zero-order valence-corrected chi connectivity index (χ0v) is 12.9. The summed E-state index contributed by atoms with van der Waals surface area (Å²) in [6, 6.07) is 6.46. The first kappa shape index (κ1) is 16.0. The van der Waals surface area contributed by atoms with Crippen LogP contribution in [0.4, 0.5) is 0 Å². The summed E-state index contributed by atoms with van der Waals surface area (Å²) in [5.41, 5.74) is 8.35. The highest BCUT2D eigenvalue weighted by Gasteiger charge is 2.10. The van der Waals surface area contributed by atoms with E-state index in [9.17, 15) is 0 Å². The van der Waals surface area contributed by atoms with E-state index in [2.05, 4.69) is 37.4 Å². The maximum atomic E-state index is 5.96. The Morgan fingerprint density at radius 1 is 1.32 bits per heavy atom. The summed E-state index contributed by atoms with van der Waals surface area (Å²) in [5, 5.41) is 3.42. The van der Waals surface area contributed by atoms with E-state index in [0.717, 1.165) is 25.3 Å². The molecule has 0 aliphatic carbocycles. The molecule has 3 heteroatoms. The van der Waals surface area contributed by atoms with Gasteiger partial charge in [-0.15, -0.1) is 0 Å². The number of hydrogen-bond donors (Lipinski definition) is 2. The first-order chi connectivity index (χ1) is 8.83. The first-order valence-electron chi connectivity index (χ1n) is 7.00. The Balaban J connectivity index is 2.58. The lowest BCUT2D eigenvalue weighted by atomic mass is 10.0. The molecule has 0 aromatic heterocycles. The Bertz CT molecular complexity index is 394. The van der Waals surface area contributed by atoms with Crippen LogP contribution in [0.25, 0.3) is 0 Å². The summed E-state index contributed by atoms with van der Waals surface area (Å²) in [6.45, 7) is 10.2. The van der Waals surface area contributed by atoms with Gasteiger partial charge in [-0.1, -0.05) is 26.0 Å². The van der Waals surface area contributed by atoms with E-state index in [0.29, 0.717) is 5.92 Å². The van der Waals surface area contributed by atoms with Crippen LogP contribution in [0, 0.1) is 0 Å². The monoisotopic (exact) mass is 264 g/mol. The van der Waals surface area contributed by atoms with Gasteiger partial charge in [-0.25, -0.2) is 0 Å². The van der Waals surface area contributed by atoms with E-state index in [1.165, 1.54) is 11.1 Å². The van der Waals surface area contributed by atoms with Gasteiger partial charge in [0.25, 0.3) is 0 Å². The smallest absolute Gasteiger partial charge is 0.123 e. The van der Waals surface area contributed by atoms with Crippen LogP contribution in [-0.4, -0.2) is 19.2 Å². The second-order valence-corrected chi connectivity index (χ2v) is 6.14. The lowest BCUT2D eigenvalue weighted by Gasteiger charge is -2.19. The van der Waals surface area contributed by atoms with E-state index in [1.807, 2.05) is 13.8 Å². The fourth-order valence-electron chi connectivity index (χ4n) is 1.90. The largest absolute Gasteiger partial charge is 0.496 e. The molecule has 1 aromatic carbocycles. The fourth-order valence-corrected chi connectivity index (χ4v) is 1.90. The molecule has 1 rings (SSSR count). The minimum Gasteiger partial charge on any atom is -0.496 e. The van der Waals surface area contributed by atoms with Gasteiger partial charge < -0.3 is 15.8 Å². The summed E-state index contributed by atoms with van der Waals surface area (Å²) >= 11 is 0. The third-order valence-electron chi connectivity index (χ3n) is 3.24. The highest BCUT2D eigenvalue weighted by Crippen LogP contribution is 2.24. The Morgan fingerprint density at radius 2 is 2.00 bits per heavy atom. The molecule has 1 aromatic rings. The SMILES string of the molecule is COc1cc(C(C)C)ccc1CNCCC(C)(C)N. The van der Waals surface area contributed by atoms with Crippen LogP contribution in [0.15, 0.2) is 18.2 Å². The molecule has 0 saturated carbocycles.